The zero-order chi connectivity index (χ0) is 15.4. The topological polar surface area (TPSA) is 75.6 Å². The van der Waals surface area contributed by atoms with Gasteiger partial charge in [-0.05, 0) is 39.8 Å². The van der Waals surface area contributed by atoms with Crippen molar-refractivity contribution >= 4 is 10.1 Å². The summed E-state index contributed by atoms with van der Waals surface area (Å²) >= 11 is 0. The predicted molar refractivity (Wildman–Crippen MR) is 78.5 cm³/mol. The van der Waals surface area contributed by atoms with Gasteiger partial charge in [0.05, 0.1) is 17.1 Å². The molecule has 1 aromatic carbocycles. The summed E-state index contributed by atoms with van der Waals surface area (Å²) < 4.78 is 35.1. The van der Waals surface area contributed by atoms with Gasteiger partial charge in [-0.25, -0.2) is 0 Å². The lowest BCUT2D eigenvalue weighted by Crippen LogP contribution is -2.50. The van der Waals surface area contributed by atoms with Crippen LogP contribution in [0.1, 0.15) is 26.3 Å². The predicted octanol–water partition coefficient (Wildman–Crippen LogP) is 2.02. The molecule has 0 unspecified atom stereocenters. The van der Waals surface area contributed by atoms with Crippen molar-refractivity contribution in [3.05, 3.63) is 29.8 Å². The third-order valence-electron chi connectivity index (χ3n) is 2.92. The lowest BCUT2D eigenvalue weighted by Gasteiger charge is -2.34. The Morgan fingerprint density at radius 2 is 1.85 bits per heavy atom. The van der Waals surface area contributed by atoms with E-state index < -0.39 is 10.1 Å². The van der Waals surface area contributed by atoms with Gasteiger partial charge in [-0.3, -0.25) is 4.55 Å². The number of nitrogens with one attached hydrogen (secondary N) is 1. The van der Waals surface area contributed by atoms with Gasteiger partial charge in [-0.15, -0.1) is 0 Å². The van der Waals surface area contributed by atoms with Crippen LogP contribution < -0.4 is 5.32 Å². The Morgan fingerprint density at radius 1 is 1.30 bits per heavy atom. The minimum absolute atomic E-state index is 0.0481. The molecule has 20 heavy (non-hydrogen) atoms. The summed E-state index contributed by atoms with van der Waals surface area (Å²) in [4.78, 5) is -0.0666. The second-order valence-electron chi connectivity index (χ2n) is 5.64. The van der Waals surface area contributed by atoms with Crippen molar-refractivity contribution in [2.45, 2.75) is 44.2 Å². The molecule has 6 heteroatoms. The lowest BCUT2D eigenvalue weighted by atomic mass is 10.1. The zero-order valence-corrected chi connectivity index (χ0v) is 13.2. The number of benzene rings is 1. The maximum absolute atomic E-state index is 10.5. The van der Waals surface area contributed by atoms with E-state index >= 15 is 0 Å². The molecule has 0 spiro atoms. The molecule has 0 amide bonds. The Labute approximate surface area is 121 Å². The molecule has 1 atom stereocenters. The monoisotopic (exact) mass is 301 g/mol. The van der Waals surface area contributed by atoms with Crippen molar-refractivity contribution in [2.24, 2.45) is 0 Å². The van der Waals surface area contributed by atoms with Crippen LogP contribution in [0.3, 0.4) is 0 Å². The number of hydrogen-bond donors (Lipinski definition) is 2. The van der Waals surface area contributed by atoms with E-state index in [1.54, 1.807) is 12.1 Å². The zero-order valence-electron chi connectivity index (χ0n) is 12.4. The fourth-order valence-electron chi connectivity index (χ4n) is 1.59. The first-order chi connectivity index (χ1) is 9.10. The highest BCUT2D eigenvalue weighted by molar-refractivity contribution is 7.85. The Kier molecular flexibility index (Phi) is 5.70. The highest BCUT2D eigenvalue weighted by Crippen LogP contribution is 2.12. The van der Waals surface area contributed by atoms with Crippen LogP contribution in [0.2, 0.25) is 0 Å². The second kappa shape index (κ2) is 6.67. The van der Waals surface area contributed by atoms with Crippen molar-refractivity contribution in [1.82, 2.24) is 5.32 Å². The van der Waals surface area contributed by atoms with Crippen LogP contribution in [0, 0.1) is 6.92 Å². The van der Waals surface area contributed by atoms with E-state index in [0.29, 0.717) is 6.04 Å². The lowest BCUT2D eigenvalue weighted by molar-refractivity contribution is -0.0549. The first kappa shape index (κ1) is 17.1. The average Bonchev–Trinajstić information content (AvgIpc) is 2.33. The second-order valence-corrected chi connectivity index (χ2v) is 7.06. The number of ether oxygens (including phenoxy) is 1. The summed E-state index contributed by atoms with van der Waals surface area (Å²) in [6.45, 7) is 9.99. The molecule has 1 saturated heterocycles. The van der Waals surface area contributed by atoms with Crippen LogP contribution in [-0.2, 0) is 14.9 Å². The SMILES string of the molecule is C[C@@H]1COC(C)(C)CN1.Cc1ccc(S(=O)(=O)O)cc1. The van der Waals surface area contributed by atoms with Crippen molar-refractivity contribution in [2.75, 3.05) is 13.2 Å². The average molecular weight is 301 g/mol. The van der Waals surface area contributed by atoms with Crippen molar-refractivity contribution in [3.63, 3.8) is 0 Å². The molecular weight excluding hydrogens is 278 g/mol. The minimum Gasteiger partial charge on any atom is -0.373 e. The molecule has 5 nitrogen and oxygen atoms in total. The molecule has 1 aromatic rings. The molecule has 0 aliphatic carbocycles. The van der Waals surface area contributed by atoms with Crippen LogP contribution in [0.5, 0.6) is 0 Å². The maximum atomic E-state index is 10.5. The fourth-order valence-corrected chi connectivity index (χ4v) is 2.07. The number of rotatable bonds is 1. The first-order valence-corrected chi connectivity index (χ1v) is 7.96. The van der Waals surface area contributed by atoms with E-state index in [1.807, 2.05) is 6.92 Å². The Bertz CT molecular complexity index is 513. The standard InChI is InChI=1S/C7H15NO.C7H8O3S/c1-6-4-9-7(2,3)5-8-6;1-6-2-4-7(5-3-6)11(8,9)10/h6,8H,4-5H2,1-3H3;2-5H,1H3,(H,8,9,10)/t6-;/m1./s1. The summed E-state index contributed by atoms with van der Waals surface area (Å²) in [7, 11) is -4.02. The number of hydrogen-bond acceptors (Lipinski definition) is 4. The molecule has 2 N–H and O–H groups in total. The molecule has 114 valence electrons. The normalized spacial score (nSPS) is 21.8. The van der Waals surface area contributed by atoms with E-state index in [4.69, 9.17) is 9.29 Å². The summed E-state index contributed by atoms with van der Waals surface area (Å²) in [6, 6.07) is 6.51. The summed E-state index contributed by atoms with van der Waals surface area (Å²) in [5.41, 5.74) is 1.00. The highest BCUT2D eigenvalue weighted by atomic mass is 32.2. The van der Waals surface area contributed by atoms with Gasteiger partial charge in [0, 0.05) is 12.6 Å². The molecular formula is C14H23NO4S. The fraction of sp³-hybridized carbons (Fsp3) is 0.571. The number of morpholine rings is 1. The quantitative estimate of drug-likeness (QED) is 0.776. The van der Waals surface area contributed by atoms with Gasteiger partial charge in [0.1, 0.15) is 0 Å². The third kappa shape index (κ3) is 6.00. The minimum atomic E-state index is -4.02. The first-order valence-electron chi connectivity index (χ1n) is 6.52. The van der Waals surface area contributed by atoms with Gasteiger partial charge in [-0.2, -0.15) is 8.42 Å². The highest BCUT2D eigenvalue weighted by Gasteiger charge is 2.24. The van der Waals surface area contributed by atoms with Crippen molar-refractivity contribution in [3.8, 4) is 0 Å². The van der Waals surface area contributed by atoms with E-state index in [2.05, 4.69) is 26.1 Å². The molecule has 0 bridgehead atoms. The van der Waals surface area contributed by atoms with Crippen molar-refractivity contribution < 1.29 is 17.7 Å². The van der Waals surface area contributed by atoms with Gasteiger partial charge in [0.25, 0.3) is 10.1 Å². The van der Waals surface area contributed by atoms with E-state index in [9.17, 15) is 8.42 Å². The van der Waals surface area contributed by atoms with E-state index in [-0.39, 0.29) is 10.5 Å². The van der Waals surface area contributed by atoms with Crippen LogP contribution in [0.4, 0.5) is 0 Å². The molecule has 2 rings (SSSR count). The summed E-state index contributed by atoms with van der Waals surface area (Å²) in [5, 5.41) is 3.35. The molecule has 0 saturated carbocycles. The van der Waals surface area contributed by atoms with Gasteiger partial charge in [0.2, 0.25) is 0 Å². The summed E-state index contributed by atoms with van der Waals surface area (Å²) in [5.74, 6) is 0. The molecule has 1 aliphatic rings. The van der Waals surface area contributed by atoms with Crippen LogP contribution >= 0.6 is 0 Å². The molecule has 0 radical (unpaired) electrons. The maximum Gasteiger partial charge on any atom is 0.294 e. The van der Waals surface area contributed by atoms with E-state index in [1.165, 1.54) is 12.1 Å². The third-order valence-corrected chi connectivity index (χ3v) is 3.79. The largest absolute Gasteiger partial charge is 0.373 e. The van der Waals surface area contributed by atoms with Crippen LogP contribution in [0.25, 0.3) is 0 Å². The smallest absolute Gasteiger partial charge is 0.294 e. The Balaban J connectivity index is 0.000000204. The van der Waals surface area contributed by atoms with Gasteiger partial charge < -0.3 is 10.1 Å². The Morgan fingerprint density at radius 3 is 2.20 bits per heavy atom. The van der Waals surface area contributed by atoms with Crippen LogP contribution in [-0.4, -0.2) is 37.8 Å². The van der Waals surface area contributed by atoms with Crippen LogP contribution in [0.15, 0.2) is 29.2 Å². The van der Waals surface area contributed by atoms with Gasteiger partial charge >= 0.3 is 0 Å². The summed E-state index contributed by atoms with van der Waals surface area (Å²) in [6.07, 6.45) is 0. The Hall–Kier alpha value is -0.950. The van der Waals surface area contributed by atoms with Gasteiger partial charge in [-0.1, -0.05) is 17.7 Å². The van der Waals surface area contributed by atoms with Crippen molar-refractivity contribution in [1.29, 1.82) is 0 Å². The number of aryl methyl sites for hydroxylation is 1. The molecule has 1 aliphatic heterocycles. The molecule has 1 heterocycles. The molecule has 0 aromatic heterocycles. The molecule has 1 fully saturated rings. The van der Waals surface area contributed by atoms with Gasteiger partial charge in [0.15, 0.2) is 0 Å². The van der Waals surface area contributed by atoms with E-state index in [0.717, 1.165) is 18.7 Å².